The summed E-state index contributed by atoms with van der Waals surface area (Å²) in [5.41, 5.74) is 6.13. The molecule has 1 saturated heterocycles. The molecule has 0 spiro atoms. The Morgan fingerprint density at radius 2 is 2.21 bits per heavy atom. The molecule has 2 aliphatic rings. The van der Waals surface area contributed by atoms with E-state index in [9.17, 15) is 10.2 Å². The van der Waals surface area contributed by atoms with E-state index >= 15 is 0 Å². The number of nitrogens with zero attached hydrogens (tertiary/aromatic N) is 4. The standard InChI is InChI=1S/C9H14N6O4/c10-9-11-1-3-7(12-9)15(14-13-3)8-6(18)5(17)4(2-16)19-8/h4-6,8,16-18H,1-2H2,(H3,10,11,12). The molecule has 0 saturated carbocycles. The van der Waals surface area contributed by atoms with E-state index in [4.69, 9.17) is 15.6 Å². The van der Waals surface area contributed by atoms with E-state index in [0.717, 1.165) is 0 Å². The molecule has 0 aromatic carbocycles. The van der Waals surface area contributed by atoms with Gasteiger partial charge in [-0.3, -0.25) is 0 Å². The van der Waals surface area contributed by atoms with E-state index in [1.165, 1.54) is 4.68 Å². The fourth-order valence-corrected chi connectivity index (χ4v) is 2.14. The number of rotatable bonds is 2. The zero-order valence-electron chi connectivity index (χ0n) is 9.84. The first-order valence-electron chi connectivity index (χ1n) is 5.75. The van der Waals surface area contributed by atoms with Crippen molar-refractivity contribution in [1.82, 2.24) is 15.0 Å². The average Bonchev–Trinajstić information content (AvgIpc) is 2.92. The Morgan fingerprint density at radius 1 is 1.42 bits per heavy atom. The molecular weight excluding hydrogens is 256 g/mol. The Labute approximate surface area is 107 Å². The van der Waals surface area contributed by atoms with Crippen LogP contribution >= 0.6 is 0 Å². The van der Waals surface area contributed by atoms with E-state index in [-0.39, 0.29) is 12.5 Å². The highest BCUT2D eigenvalue weighted by Gasteiger charge is 2.45. The normalized spacial score (nSPS) is 33.7. The highest BCUT2D eigenvalue weighted by atomic mass is 16.6. The highest BCUT2D eigenvalue weighted by Crippen LogP contribution is 2.32. The van der Waals surface area contributed by atoms with E-state index in [1.54, 1.807) is 0 Å². The SMILES string of the molecule is NC1=NCc2nnn(C3OC(CO)C(O)C3O)c2N1. The molecule has 1 fully saturated rings. The van der Waals surface area contributed by atoms with Crippen molar-refractivity contribution in [1.29, 1.82) is 0 Å². The number of aliphatic imine (C=N–C) groups is 1. The molecule has 3 rings (SSSR count). The van der Waals surface area contributed by atoms with Gasteiger partial charge in [0.1, 0.15) is 24.0 Å². The lowest BCUT2D eigenvalue weighted by molar-refractivity contribution is -0.0582. The van der Waals surface area contributed by atoms with Gasteiger partial charge in [0, 0.05) is 0 Å². The summed E-state index contributed by atoms with van der Waals surface area (Å²) >= 11 is 0. The van der Waals surface area contributed by atoms with E-state index in [0.29, 0.717) is 11.5 Å². The van der Waals surface area contributed by atoms with Crippen molar-refractivity contribution in [3.05, 3.63) is 5.69 Å². The van der Waals surface area contributed by atoms with Crippen molar-refractivity contribution >= 4 is 11.8 Å². The molecule has 3 heterocycles. The molecule has 0 amide bonds. The molecule has 6 N–H and O–H groups in total. The predicted octanol–water partition coefficient (Wildman–Crippen LogP) is -2.87. The number of aromatic nitrogens is 3. The van der Waals surface area contributed by atoms with Gasteiger partial charge in [0.05, 0.1) is 13.2 Å². The monoisotopic (exact) mass is 270 g/mol. The second-order valence-electron chi connectivity index (χ2n) is 4.38. The maximum atomic E-state index is 9.93. The van der Waals surface area contributed by atoms with Crippen LogP contribution in [0.15, 0.2) is 4.99 Å². The smallest absolute Gasteiger partial charge is 0.194 e. The first kappa shape index (κ1) is 12.3. The van der Waals surface area contributed by atoms with Gasteiger partial charge in [-0.15, -0.1) is 5.10 Å². The van der Waals surface area contributed by atoms with Gasteiger partial charge in [-0.05, 0) is 0 Å². The summed E-state index contributed by atoms with van der Waals surface area (Å²) in [6.45, 7) is -0.119. The number of nitrogens with two attached hydrogens (primary N) is 1. The maximum absolute atomic E-state index is 9.93. The molecule has 4 unspecified atom stereocenters. The summed E-state index contributed by atoms with van der Waals surface area (Å²) in [7, 11) is 0. The third-order valence-electron chi connectivity index (χ3n) is 3.17. The van der Waals surface area contributed by atoms with Crippen molar-refractivity contribution in [3.63, 3.8) is 0 Å². The summed E-state index contributed by atoms with van der Waals surface area (Å²) in [5.74, 6) is 0.671. The van der Waals surface area contributed by atoms with Crippen molar-refractivity contribution < 1.29 is 20.1 Å². The molecule has 19 heavy (non-hydrogen) atoms. The van der Waals surface area contributed by atoms with Crippen LogP contribution in [-0.4, -0.2) is 61.2 Å². The van der Waals surface area contributed by atoms with Gasteiger partial charge in [-0.2, -0.15) is 4.68 Å². The topological polar surface area (TPSA) is 151 Å². The Hall–Kier alpha value is -1.75. The van der Waals surface area contributed by atoms with Gasteiger partial charge in [0.25, 0.3) is 0 Å². The van der Waals surface area contributed by atoms with E-state index < -0.39 is 31.1 Å². The molecule has 0 aliphatic carbocycles. The van der Waals surface area contributed by atoms with Crippen molar-refractivity contribution in [3.8, 4) is 0 Å². The summed E-state index contributed by atoms with van der Waals surface area (Å²) < 4.78 is 6.66. The first-order valence-corrected chi connectivity index (χ1v) is 5.75. The molecule has 1 aromatic heterocycles. The maximum Gasteiger partial charge on any atom is 0.194 e. The van der Waals surface area contributed by atoms with Crippen LogP contribution in [0.1, 0.15) is 11.9 Å². The van der Waals surface area contributed by atoms with Crippen molar-refractivity contribution in [2.75, 3.05) is 11.9 Å². The number of nitrogens with one attached hydrogen (secondary N) is 1. The van der Waals surface area contributed by atoms with Crippen LogP contribution in [-0.2, 0) is 11.3 Å². The summed E-state index contributed by atoms with van der Waals surface area (Å²) in [4.78, 5) is 3.95. The number of aliphatic hydroxyl groups is 3. The zero-order valence-corrected chi connectivity index (χ0v) is 9.84. The molecule has 1 aromatic rings. The number of hydrogen-bond acceptors (Lipinski definition) is 9. The van der Waals surface area contributed by atoms with Crippen LogP contribution in [0, 0.1) is 0 Å². The number of hydrogen-bond donors (Lipinski definition) is 5. The Bertz CT molecular complexity index is 517. The molecule has 10 nitrogen and oxygen atoms in total. The van der Waals surface area contributed by atoms with E-state index in [2.05, 4.69) is 20.6 Å². The van der Waals surface area contributed by atoms with E-state index in [1.807, 2.05) is 0 Å². The molecular formula is C9H14N6O4. The van der Waals surface area contributed by atoms with Crippen LogP contribution in [0.4, 0.5) is 5.82 Å². The summed E-state index contributed by atoms with van der Waals surface area (Å²) in [5, 5.41) is 39.3. The van der Waals surface area contributed by atoms with Crippen LogP contribution in [0.3, 0.4) is 0 Å². The van der Waals surface area contributed by atoms with Gasteiger partial charge in [-0.1, -0.05) is 5.21 Å². The van der Waals surface area contributed by atoms with Crippen molar-refractivity contribution in [2.45, 2.75) is 31.1 Å². The van der Waals surface area contributed by atoms with Crippen LogP contribution in [0.5, 0.6) is 0 Å². The molecule has 10 heteroatoms. The minimum absolute atomic E-state index is 0.211. The lowest BCUT2D eigenvalue weighted by Gasteiger charge is -2.19. The average molecular weight is 270 g/mol. The lowest BCUT2D eigenvalue weighted by atomic mass is 10.1. The second-order valence-corrected chi connectivity index (χ2v) is 4.38. The van der Waals surface area contributed by atoms with Gasteiger partial charge >= 0.3 is 0 Å². The molecule has 4 atom stereocenters. The number of aliphatic hydroxyl groups excluding tert-OH is 3. The summed E-state index contributed by atoms with van der Waals surface area (Å²) in [6, 6.07) is 0. The van der Waals surface area contributed by atoms with Gasteiger partial charge in [0.15, 0.2) is 18.0 Å². The van der Waals surface area contributed by atoms with Crippen molar-refractivity contribution in [2.24, 2.45) is 10.7 Å². The minimum atomic E-state index is -1.22. The highest BCUT2D eigenvalue weighted by molar-refractivity contribution is 5.93. The number of ether oxygens (including phenoxy) is 1. The number of guanidine groups is 1. The second kappa shape index (κ2) is 4.42. The number of anilines is 1. The fraction of sp³-hybridized carbons (Fsp3) is 0.667. The van der Waals surface area contributed by atoms with Gasteiger partial charge < -0.3 is 31.1 Å². The third-order valence-corrected chi connectivity index (χ3v) is 3.17. The number of fused-ring (bicyclic) bond motifs is 1. The first-order chi connectivity index (χ1) is 9.11. The fourth-order valence-electron chi connectivity index (χ4n) is 2.14. The van der Waals surface area contributed by atoms with Gasteiger partial charge in [0.2, 0.25) is 0 Å². The molecule has 104 valence electrons. The summed E-state index contributed by atoms with van der Waals surface area (Å²) in [6.07, 6.45) is -4.22. The quantitative estimate of drug-likeness (QED) is 0.384. The van der Waals surface area contributed by atoms with Crippen LogP contribution < -0.4 is 11.1 Å². The Morgan fingerprint density at radius 3 is 2.89 bits per heavy atom. The van der Waals surface area contributed by atoms with Gasteiger partial charge in [-0.25, -0.2) is 4.99 Å². The largest absolute Gasteiger partial charge is 0.394 e. The van der Waals surface area contributed by atoms with Crippen LogP contribution in [0.25, 0.3) is 0 Å². The Kier molecular flexibility index (Phi) is 2.86. The lowest BCUT2D eigenvalue weighted by Crippen LogP contribution is -2.34. The molecule has 0 radical (unpaired) electrons. The predicted molar refractivity (Wildman–Crippen MR) is 62.0 cm³/mol. The molecule has 0 bridgehead atoms. The van der Waals surface area contributed by atoms with Crippen LogP contribution in [0.2, 0.25) is 0 Å². The third kappa shape index (κ3) is 1.85. The molecule has 2 aliphatic heterocycles. The minimum Gasteiger partial charge on any atom is -0.394 e. The zero-order chi connectivity index (χ0) is 13.6. The Balaban J connectivity index is 1.91.